The zero-order valence-electron chi connectivity index (χ0n) is 13.4. The van der Waals surface area contributed by atoms with Gasteiger partial charge in [0, 0.05) is 44.1 Å². The number of carbonyl (C=O) groups is 1. The van der Waals surface area contributed by atoms with Crippen molar-refractivity contribution in [3.63, 3.8) is 0 Å². The smallest absolute Gasteiger partial charge is 0.230 e. The van der Waals surface area contributed by atoms with Crippen LogP contribution in [0.1, 0.15) is 30.6 Å². The molecule has 1 amide bonds. The molecule has 0 spiro atoms. The molecule has 1 aliphatic heterocycles. The molecule has 0 radical (unpaired) electrons. The molecule has 7 heteroatoms. The lowest BCUT2D eigenvalue weighted by Crippen LogP contribution is -2.54. The Balaban J connectivity index is 0.00000132. The second-order valence-corrected chi connectivity index (χ2v) is 7.37. The molecular formula is C16H27Cl2N3OS. The van der Waals surface area contributed by atoms with E-state index in [9.17, 15) is 4.79 Å². The summed E-state index contributed by atoms with van der Waals surface area (Å²) in [5.74, 6) is 0.318. The molecule has 2 heterocycles. The predicted octanol–water partition coefficient (Wildman–Crippen LogP) is 2.76. The lowest BCUT2D eigenvalue weighted by Gasteiger charge is -2.39. The first-order chi connectivity index (χ1) is 10.2. The average Bonchev–Trinajstić information content (AvgIpc) is 3.19. The van der Waals surface area contributed by atoms with Crippen LogP contribution >= 0.6 is 36.2 Å². The molecular weight excluding hydrogens is 353 g/mol. The number of nitrogens with zero attached hydrogens (tertiary/aromatic N) is 2. The second kappa shape index (κ2) is 9.23. The molecule has 2 fully saturated rings. The predicted molar refractivity (Wildman–Crippen MR) is 101 cm³/mol. The fraction of sp³-hybridized carbons (Fsp3) is 0.688. The zero-order valence-corrected chi connectivity index (χ0v) is 15.9. The van der Waals surface area contributed by atoms with Gasteiger partial charge in [-0.3, -0.25) is 9.69 Å². The number of carbonyl (C=O) groups excluding carboxylic acids is 1. The van der Waals surface area contributed by atoms with E-state index < -0.39 is 0 Å². The van der Waals surface area contributed by atoms with Crippen molar-refractivity contribution in [3.05, 3.63) is 22.4 Å². The van der Waals surface area contributed by atoms with E-state index in [0.717, 1.165) is 58.4 Å². The van der Waals surface area contributed by atoms with Crippen molar-refractivity contribution in [3.8, 4) is 0 Å². The summed E-state index contributed by atoms with van der Waals surface area (Å²) in [6.07, 6.45) is 4.28. The van der Waals surface area contributed by atoms with Gasteiger partial charge in [-0.25, -0.2) is 0 Å². The van der Waals surface area contributed by atoms with Crippen molar-refractivity contribution >= 4 is 42.1 Å². The van der Waals surface area contributed by atoms with Crippen molar-refractivity contribution < 1.29 is 4.79 Å². The maximum Gasteiger partial charge on any atom is 0.230 e. The van der Waals surface area contributed by atoms with Crippen molar-refractivity contribution in [2.75, 3.05) is 32.7 Å². The third kappa shape index (κ3) is 4.60. The number of rotatable bonds is 4. The Kier molecular flexibility index (Phi) is 8.31. The molecule has 132 valence electrons. The van der Waals surface area contributed by atoms with Crippen LogP contribution in [0.4, 0.5) is 0 Å². The molecule has 1 aliphatic carbocycles. The van der Waals surface area contributed by atoms with Gasteiger partial charge in [0.25, 0.3) is 0 Å². The molecule has 0 aromatic carbocycles. The van der Waals surface area contributed by atoms with Gasteiger partial charge in [-0.15, -0.1) is 36.2 Å². The van der Waals surface area contributed by atoms with E-state index in [1.54, 1.807) is 0 Å². The topological polar surface area (TPSA) is 49.6 Å². The first kappa shape index (κ1) is 20.7. The molecule has 0 unspecified atom stereocenters. The maximum atomic E-state index is 12.8. The van der Waals surface area contributed by atoms with E-state index in [-0.39, 0.29) is 30.2 Å². The van der Waals surface area contributed by atoms with E-state index in [1.165, 1.54) is 4.88 Å². The highest BCUT2D eigenvalue weighted by atomic mass is 35.5. The van der Waals surface area contributed by atoms with E-state index in [2.05, 4.69) is 27.3 Å². The molecule has 1 saturated heterocycles. The van der Waals surface area contributed by atoms with E-state index >= 15 is 0 Å². The van der Waals surface area contributed by atoms with Crippen LogP contribution < -0.4 is 5.73 Å². The van der Waals surface area contributed by atoms with Gasteiger partial charge >= 0.3 is 0 Å². The van der Waals surface area contributed by atoms with Crippen molar-refractivity contribution in [1.29, 1.82) is 0 Å². The lowest BCUT2D eigenvalue weighted by molar-refractivity contribution is -0.143. The van der Waals surface area contributed by atoms with E-state index in [0.29, 0.717) is 12.5 Å². The van der Waals surface area contributed by atoms with Crippen LogP contribution in [-0.2, 0) is 11.3 Å². The first-order valence-corrected chi connectivity index (χ1v) is 8.86. The molecule has 1 aromatic heterocycles. The minimum Gasteiger partial charge on any atom is -0.340 e. The summed E-state index contributed by atoms with van der Waals surface area (Å²) >= 11 is 1.81. The zero-order chi connectivity index (χ0) is 14.7. The van der Waals surface area contributed by atoms with Crippen LogP contribution in [0.25, 0.3) is 0 Å². The standard InChI is InChI=1S/C16H25N3OS.2ClH/c17-13-16(5-1-2-6-16)15(20)19-9-7-18(8-10-19)12-14-4-3-11-21-14;;/h3-4,11H,1-2,5-10,12-13,17H2;2*1H. The van der Waals surface area contributed by atoms with Gasteiger partial charge in [0.2, 0.25) is 5.91 Å². The van der Waals surface area contributed by atoms with Crippen LogP contribution in [0.2, 0.25) is 0 Å². The SMILES string of the molecule is Cl.Cl.NCC1(C(=O)N2CCN(Cc3cccs3)CC2)CCCC1. The number of hydrogen-bond donors (Lipinski definition) is 1. The monoisotopic (exact) mass is 379 g/mol. The fourth-order valence-electron chi connectivity index (χ4n) is 3.62. The minimum absolute atomic E-state index is 0. The summed E-state index contributed by atoms with van der Waals surface area (Å²) in [4.78, 5) is 18.7. The second-order valence-electron chi connectivity index (χ2n) is 6.34. The third-order valence-corrected chi connectivity index (χ3v) is 5.89. The van der Waals surface area contributed by atoms with E-state index in [1.807, 2.05) is 11.3 Å². The Morgan fingerprint density at radius 1 is 1.17 bits per heavy atom. The summed E-state index contributed by atoms with van der Waals surface area (Å²) in [6, 6.07) is 4.29. The number of nitrogens with two attached hydrogens (primary N) is 1. The average molecular weight is 380 g/mol. The van der Waals surface area contributed by atoms with Gasteiger partial charge in [-0.05, 0) is 24.3 Å². The number of thiophene rings is 1. The van der Waals surface area contributed by atoms with Gasteiger partial charge in [-0.1, -0.05) is 18.9 Å². The maximum absolute atomic E-state index is 12.8. The van der Waals surface area contributed by atoms with Crippen LogP contribution in [-0.4, -0.2) is 48.4 Å². The molecule has 0 atom stereocenters. The van der Waals surface area contributed by atoms with Gasteiger partial charge in [0.1, 0.15) is 0 Å². The number of amides is 1. The number of halogens is 2. The van der Waals surface area contributed by atoms with Crippen LogP contribution in [0.3, 0.4) is 0 Å². The van der Waals surface area contributed by atoms with Gasteiger partial charge < -0.3 is 10.6 Å². The Morgan fingerprint density at radius 3 is 2.35 bits per heavy atom. The van der Waals surface area contributed by atoms with Gasteiger partial charge in [0.05, 0.1) is 5.41 Å². The normalized spacial score (nSPS) is 20.7. The molecule has 2 aliphatic rings. The Hall–Kier alpha value is -0.330. The van der Waals surface area contributed by atoms with Crippen molar-refractivity contribution in [2.24, 2.45) is 11.1 Å². The van der Waals surface area contributed by atoms with Crippen LogP contribution in [0.15, 0.2) is 17.5 Å². The molecule has 1 saturated carbocycles. The van der Waals surface area contributed by atoms with Gasteiger partial charge in [0.15, 0.2) is 0 Å². The van der Waals surface area contributed by atoms with E-state index in [4.69, 9.17) is 5.73 Å². The lowest BCUT2D eigenvalue weighted by atomic mass is 9.84. The molecule has 23 heavy (non-hydrogen) atoms. The first-order valence-electron chi connectivity index (χ1n) is 7.98. The molecule has 4 nitrogen and oxygen atoms in total. The highest BCUT2D eigenvalue weighted by Gasteiger charge is 2.42. The quantitative estimate of drug-likeness (QED) is 0.874. The molecule has 2 N–H and O–H groups in total. The fourth-order valence-corrected chi connectivity index (χ4v) is 4.37. The summed E-state index contributed by atoms with van der Waals surface area (Å²) in [6.45, 7) is 5.19. The molecule has 3 rings (SSSR count). The molecule has 1 aromatic rings. The van der Waals surface area contributed by atoms with Crippen LogP contribution in [0.5, 0.6) is 0 Å². The summed E-state index contributed by atoms with van der Waals surface area (Å²) in [5, 5.41) is 2.13. The Labute approximate surface area is 155 Å². The van der Waals surface area contributed by atoms with Crippen LogP contribution in [0, 0.1) is 5.41 Å². The number of piperazine rings is 1. The largest absolute Gasteiger partial charge is 0.340 e. The highest BCUT2D eigenvalue weighted by Crippen LogP contribution is 2.39. The van der Waals surface area contributed by atoms with Crippen molar-refractivity contribution in [2.45, 2.75) is 32.2 Å². The summed E-state index contributed by atoms with van der Waals surface area (Å²) in [7, 11) is 0. The summed E-state index contributed by atoms with van der Waals surface area (Å²) < 4.78 is 0. The number of hydrogen-bond acceptors (Lipinski definition) is 4. The summed E-state index contributed by atoms with van der Waals surface area (Å²) in [5.41, 5.74) is 5.70. The van der Waals surface area contributed by atoms with Crippen molar-refractivity contribution in [1.82, 2.24) is 9.80 Å². The minimum atomic E-state index is -0.240. The molecule has 0 bridgehead atoms. The Bertz CT molecular complexity index is 470. The van der Waals surface area contributed by atoms with Gasteiger partial charge in [-0.2, -0.15) is 0 Å². The Morgan fingerprint density at radius 2 is 1.83 bits per heavy atom. The third-order valence-electron chi connectivity index (χ3n) is 5.02. The highest BCUT2D eigenvalue weighted by molar-refractivity contribution is 7.09.